The van der Waals surface area contributed by atoms with Gasteiger partial charge in [0.05, 0.1) is 15.8 Å². The highest BCUT2D eigenvalue weighted by Crippen LogP contribution is 2.28. The summed E-state index contributed by atoms with van der Waals surface area (Å²) in [5, 5.41) is 9.85. The highest BCUT2D eigenvalue weighted by atomic mass is 32.1. The highest BCUT2D eigenvalue weighted by Gasteiger charge is 2.08. The van der Waals surface area contributed by atoms with Crippen molar-refractivity contribution < 1.29 is 0 Å². The minimum absolute atomic E-state index is 0.691. The van der Waals surface area contributed by atoms with E-state index >= 15 is 0 Å². The largest absolute Gasteiger partial charge is 0.235 e. The third-order valence-electron chi connectivity index (χ3n) is 2.12. The normalized spacial score (nSPS) is 9.93. The molecule has 1 heterocycles. The van der Waals surface area contributed by atoms with Crippen molar-refractivity contribution >= 4 is 27.1 Å². The summed E-state index contributed by atoms with van der Waals surface area (Å²) in [6, 6.07) is 10.1. The van der Waals surface area contributed by atoms with Gasteiger partial charge in [0.1, 0.15) is 11.1 Å². The van der Waals surface area contributed by atoms with Gasteiger partial charge in [-0.3, -0.25) is 0 Å². The van der Waals surface area contributed by atoms with Crippen LogP contribution < -0.4 is 0 Å². The van der Waals surface area contributed by atoms with Crippen LogP contribution in [0.1, 0.15) is 18.9 Å². The molecule has 0 unspecified atom stereocenters. The van der Waals surface area contributed by atoms with Crippen molar-refractivity contribution in [1.82, 2.24) is 4.98 Å². The van der Waals surface area contributed by atoms with E-state index in [1.165, 1.54) is 0 Å². The lowest BCUT2D eigenvalue weighted by molar-refractivity contribution is 1.35. The summed E-state index contributed by atoms with van der Waals surface area (Å²) in [7, 11) is 0. The van der Waals surface area contributed by atoms with Gasteiger partial charge in [0.25, 0.3) is 0 Å². The molecular formula is C12H10N2S. The zero-order valence-electron chi connectivity index (χ0n) is 8.61. The van der Waals surface area contributed by atoms with Crippen LogP contribution in [-0.2, 0) is 0 Å². The molecule has 1 aromatic heterocycles. The van der Waals surface area contributed by atoms with Crippen LogP contribution in [-0.4, -0.2) is 4.98 Å². The minimum Gasteiger partial charge on any atom is -0.235 e. The Balaban J connectivity index is 2.65. The first-order valence-electron chi connectivity index (χ1n) is 4.66. The van der Waals surface area contributed by atoms with Crippen LogP contribution in [0, 0.1) is 11.3 Å². The number of thiazole rings is 1. The Morgan fingerprint density at radius 1 is 1.33 bits per heavy atom. The van der Waals surface area contributed by atoms with Crippen molar-refractivity contribution in [3.63, 3.8) is 0 Å². The average Bonchev–Trinajstić information content (AvgIpc) is 2.61. The molecule has 0 fully saturated rings. The first kappa shape index (κ1) is 9.88. The Kier molecular flexibility index (Phi) is 2.53. The second kappa shape index (κ2) is 3.84. The molecule has 0 aliphatic carbocycles. The summed E-state index contributed by atoms with van der Waals surface area (Å²) in [6.07, 6.45) is 0. The van der Waals surface area contributed by atoms with E-state index in [4.69, 9.17) is 5.26 Å². The maximum absolute atomic E-state index is 9.03. The van der Waals surface area contributed by atoms with Crippen LogP contribution in [0.25, 0.3) is 15.8 Å². The van der Waals surface area contributed by atoms with E-state index in [-0.39, 0.29) is 0 Å². The monoisotopic (exact) mass is 214 g/mol. The van der Waals surface area contributed by atoms with Crippen LogP contribution >= 0.6 is 11.3 Å². The lowest BCUT2D eigenvalue weighted by Crippen LogP contribution is -1.81. The van der Waals surface area contributed by atoms with Crippen molar-refractivity contribution in [1.29, 1.82) is 5.26 Å². The number of nitriles is 1. The number of rotatable bonds is 1. The predicted octanol–water partition coefficient (Wildman–Crippen LogP) is 3.61. The molecule has 0 amide bonds. The van der Waals surface area contributed by atoms with Gasteiger partial charge in [-0.15, -0.1) is 11.3 Å². The molecule has 0 saturated heterocycles. The van der Waals surface area contributed by atoms with Crippen molar-refractivity contribution in [2.45, 2.75) is 13.8 Å². The Bertz CT molecular complexity index is 536. The molecule has 2 nitrogen and oxygen atoms in total. The summed E-state index contributed by atoms with van der Waals surface area (Å²) < 4.78 is 1.13. The molecule has 0 aliphatic heterocycles. The van der Waals surface area contributed by atoms with E-state index in [2.05, 4.69) is 11.1 Å². The van der Waals surface area contributed by atoms with Gasteiger partial charge in [-0.25, -0.2) is 4.98 Å². The maximum atomic E-state index is 9.03. The highest BCUT2D eigenvalue weighted by molar-refractivity contribution is 7.19. The van der Waals surface area contributed by atoms with Crippen molar-refractivity contribution in [3.05, 3.63) is 34.8 Å². The standard InChI is InChI=1S/C12H10N2S/c1-8(2)9(7-13)12-14-10-5-3-4-6-11(10)15-12/h3-6H,1-2H3. The molecule has 0 radical (unpaired) electrons. The predicted molar refractivity (Wildman–Crippen MR) is 63.5 cm³/mol. The fourth-order valence-corrected chi connectivity index (χ4v) is 2.42. The molecule has 2 aromatic rings. The number of hydrogen-bond donors (Lipinski definition) is 0. The van der Waals surface area contributed by atoms with Gasteiger partial charge in [0.2, 0.25) is 0 Å². The molecule has 0 spiro atoms. The zero-order valence-corrected chi connectivity index (χ0v) is 9.43. The molecule has 74 valence electrons. The number of aromatic nitrogens is 1. The summed E-state index contributed by atoms with van der Waals surface area (Å²) in [6.45, 7) is 3.87. The van der Waals surface area contributed by atoms with Crippen molar-refractivity contribution in [2.75, 3.05) is 0 Å². The van der Waals surface area contributed by atoms with E-state index in [9.17, 15) is 0 Å². The summed E-state index contributed by atoms with van der Waals surface area (Å²) >= 11 is 1.57. The Morgan fingerprint density at radius 3 is 2.67 bits per heavy atom. The van der Waals surface area contributed by atoms with E-state index in [1.54, 1.807) is 11.3 Å². The topological polar surface area (TPSA) is 36.7 Å². The number of nitrogens with zero attached hydrogens (tertiary/aromatic N) is 2. The van der Waals surface area contributed by atoms with E-state index in [0.29, 0.717) is 5.57 Å². The molecule has 2 rings (SSSR count). The smallest absolute Gasteiger partial charge is 0.135 e. The van der Waals surface area contributed by atoms with E-state index < -0.39 is 0 Å². The molecule has 1 aromatic carbocycles. The van der Waals surface area contributed by atoms with E-state index in [0.717, 1.165) is 20.8 Å². The maximum Gasteiger partial charge on any atom is 0.135 e. The summed E-state index contributed by atoms with van der Waals surface area (Å²) in [4.78, 5) is 4.44. The zero-order chi connectivity index (χ0) is 10.8. The first-order valence-corrected chi connectivity index (χ1v) is 5.47. The fraction of sp³-hybridized carbons (Fsp3) is 0.167. The minimum atomic E-state index is 0.691. The van der Waals surface area contributed by atoms with Gasteiger partial charge in [0, 0.05) is 0 Å². The Morgan fingerprint density at radius 2 is 2.07 bits per heavy atom. The summed E-state index contributed by atoms with van der Waals surface area (Å²) in [5.41, 5.74) is 2.67. The number of benzene rings is 1. The van der Waals surface area contributed by atoms with Crippen LogP contribution in [0.2, 0.25) is 0 Å². The number of para-hydroxylation sites is 1. The molecule has 0 saturated carbocycles. The molecule has 0 aliphatic rings. The first-order chi connectivity index (χ1) is 7.22. The average molecular weight is 214 g/mol. The second-order valence-electron chi connectivity index (χ2n) is 3.47. The Hall–Kier alpha value is -1.66. The molecule has 0 N–H and O–H groups in total. The number of fused-ring (bicyclic) bond motifs is 1. The molecule has 15 heavy (non-hydrogen) atoms. The van der Waals surface area contributed by atoms with Gasteiger partial charge < -0.3 is 0 Å². The lowest BCUT2D eigenvalue weighted by atomic mass is 10.2. The molecule has 0 bridgehead atoms. The fourth-order valence-electron chi connectivity index (χ4n) is 1.35. The van der Waals surface area contributed by atoms with Gasteiger partial charge in [-0.1, -0.05) is 17.7 Å². The van der Waals surface area contributed by atoms with Crippen LogP contribution in [0.4, 0.5) is 0 Å². The van der Waals surface area contributed by atoms with Gasteiger partial charge in [0.15, 0.2) is 0 Å². The lowest BCUT2D eigenvalue weighted by Gasteiger charge is -1.93. The van der Waals surface area contributed by atoms with Gasteiger partial charge >= 0.3 is 0 Å². The van der Waals surface area contributed by atoms with Crippen LogP contribution in [0.3, 0.4) is 0 Å². The van der Waals surface area contributed by atoms with Crippen LogP contribution in [0.5, 0.6) is 0 Å². The molecule has 3 heteroatoms. The quantitative estimate of drug-likeness (QED) is 0.680. The third kappa shape index (κ3) is 1.77. The second-order valence-corrected chi connectivity index (χ2v) is 4.50. The molecular weight excluding hydrogens is 204 g/mol. The SMILES string of the molecule is CC(C)=C(C#N)c1nc2ccccc2s1. The van der Waals surface area contributed by atoms with Crippen LogP contribution in [0.15, 0.2) is 29.8 Å². The van der Waals surface area contributed by atoms with Gasteiger partial charge in [-0.05, 0) is 26.0 Å². The number of hydrogen-bond acceptors (Lipinski definition) is 3. The van der Waals surface area contributed by atoms with Crippen molar-refractivity contribution in [2.24, 2.45) is 0 Å². The third-order valence-corrected chi connectivity index (χ3v) is 3.17. The Labute approximate surface area is 92.5 Å². The molecule has 0 atom stereocenters. The number of allylic oxidation sites excluding steroid dienone is 2. The van der Waals surface area contributed by atoms with E-state index in [1.807, 2.05) is 38.1 Å². The van der Waals surface area contributed by atoms with Gasteiger partial charge in [-0.2, -0.15) is 5.26 Å². The van der Waals surface area contributed by atoms with Crippen molar-refractivity contribution in [3.8, 4) is 6.07 Å². The summed E-state index contributed by atoms with van der Waals surface area (Å²) in [5.74, 6) is 0.